The van der Waals surface area contributed by atoms with Crippen molar-refractivity contribution >= 4 is 11.6 Å². The van der Waals surface area contributed by atoms with Gasteiger partial charge in [-0.2, -0.15) is 0 Å². The minimum atomic E-state index is -0.317. The van der Waals surface area contributed by atoms with Crippen molar-refractivity contribution in [3.8, 4) is 0 Å². The zero-order chi connectivity index (χ0) is 19.8. The van der Waals surface area contributed by atoms with Gasteiger partial charge in [-0.25, -0.2) is 4.98 Å². The van der Waals surface area contributed by atoms with E-state index in [0.717, 1.165) is 18.7 Å². The molecule has 0 radical (unpaired) electrons. The van der Waals surface area contributed by atoms with Gasteiger partial charge in [0, 0.05) is 38.1 Å². The van der Waals surface area contributed by atoms with Crippen LogP contribution in [0.5, 0.6) is 0 Å². The summed E-state index contributed by atoms with van der Waals surface area (Å²) in [5.74, 6) is -0.289. The fourth-order valence-electron chi connectivity index (χ4n) is 3.95. The molecule has 6 nitrogen and oxygen atoms in total. The number of aryl methyl sites for hydroxylation is 1. The molecule has 0 fully saturated rings. The number of fused-ring (bicyclic) bond motifs is 2. The first kappa shape index (κ1) is 18.4. The molecule has 0 bridgehead atoms. The van der Waals surface area contributed by atoms with E-state index in [0.29, 0.717) is 12.2 Å². The largest absolute Gasteiger partial charge is 0.340 e. The molecule has 28 heavy (non-hydrogen) atoms. The van der Waals surface area contributed by atoms with E-state index < -0.39 is 0 Å². The van der Waals surface area contributed by atoms with Gasteiger partial charge < -0.3 is 4.90 Å². The first-order valence-corrected chi connectivity index (χ1v) is 9.45. The molecular formula is C22H24N4O2. The number of aromatic nitrogens is 2. The zero-order valence-corrected chi connectivity index (χ0v) is 16.4. The van der Waals surface area contributed by atoms with Gasteiger partial charge in [-0.15, -0.1) is 0 Å². The molecule has 1 aromatic carbocycles. The van der Waals surface area contributed by atoms with Crippen molar-refractivity contribution in [1.82, 2.24) is 19.2 Å². The number of hydrogen-bond donors (Lipinski definition) is 0. The van der Waals surface area contributed by atoms with Crippen molar-refractivity contribution in [1.29, 1.82) is 0 Å². The Hall–Kier alpha value is -2.99. The molecule has 144 valence electrons. The van der Waals surface area contributed by atoms with Gasteiger partial charge in [0.1, 0.15) is 11.2 Å². The van der Waals surface area contributed by atoms with Crippen LogP contribution in [-0.4, -0.2) is 51.8 Å². The summed E-state index contributed by atoms with van der Waals surface area (Å²) in [6.07, 6.45) is 2.29. The van der Waals surface area contributed by atoms with E-state index >= 15 is 0 Å². The highest BCUT2D eigenvalue weighted by Crippen LogP contribution is 2.22. The van der Waals surface area contributed by atoms with E-state index in [-0.39, 0.29) is 23.1 Å². The van der Waals surface area contributed by atoms with Gasteiger partial charge >= 0.3 is 0 Å². The molecule has 3 aromatic rings. The van der Waals surface area contributed by atoms with Crippen LogP contribution in [0.1, 0.15) is 27.2 Å². The number of nitrogens with zero attached hydrogens (tertiary/aromatic N) is 4. The van der Waals surface area contributed by atoms with Crippen molar-refractivity contribution in [2.75, 3.05) is 20.6 Å². The highest BCUT2D eigenvalue weighted by atomic mass is 16.2. The Morgan fingerprint density at radius 3 is 2.71 bits per heavy atom. The lowest BCUT2D eigenvalue weighted by Gasteiger charge is -2.36. The predicted molar refractivity (Wildman–Crippen MR) is 109 cm³/mol. The second kappa shape index (κ2) is 7.20. The maximum absolute atomic E-state index is 13.0. The van der Waals surface area contributed by atoms with Gasteiger partial charge in [0.05, 0.1) is 0 Å². The normalized spacial score (nSPS) is 16.8. The summed E-state index contributed by atoms with van der Waals surface area (Å²) in [5.41, 5.74) is 3.76. The monoisotopic (exact) mass is 376 g/mol. The average molecular weight is 376 g/mol. The Morgan fingerprint density at radius 1 is 1.18 bits per heavy atom. The molecule has 4 rings (SSSR count). The molecule has 0 saturated carbocycles. The lowest BCUT2D eigenvalue weighted by molar-refractivity contribution is 0.0731. The van der Waals surface area contributed by atoms with E-state index in [1.807, 2.05) is 19.1 Å². The number of likely N-dealkylation sites (N-methyl/N-ethyl adjacent to an activating group) is 2. The van der Waals surface area contributed by atoms with Gasteiger partial charge in [0.15, 0.2) is 0 Å². The van der Waals surface area contributed by atoms with Crippen molar-refractivity contribution in [2.24, 2.45) is 0 Å². The quantitative estimate of drug-likeness (QED) is 0.703. The maximum atomic E-state index is 13.0. The number of carbonyl (C=O) groups excluding carboxylic acids is 1. The molecular weight excluding hydrogens is 352 g/mol. The third-order valence-electron chi connectivity index (χ3n) is 5.60. The highest BCUT2D eigenvalue weighted by molar-refractivity contribution is 5.93. The van der Waals surface area contributed by atoms with Crippen LogP contribution in [0, 0.1) is 6.92 Å². The number of amides is 1. The van der Waals surface area contributed by atoms with Crippen LogP contribution in [0.2, 0.25) is 0 Å². The molecule has 0 N–H and O–H groups in total. The SMILES string of the molecule is Cc1cccc2ncc(C(=O)N(C)CC3Cc4ccccc4CN3C)c(=O)n12. The number of benzene rings is 1. The molecule has 1 atom stereocenters. The van der Waals surface area contributed by atoms with Gasteiger partial charge in [-0.3, -0.25) is 18.9 Å². The first-order chi connectivity index (χ1) is 13.5. The minimum absolute atomic E-state index is 0.105. The first-order valence-electron chi connectivity index (χ1n) is 9.45. The Balaban J connectivity index is 1.58. The Morgan fingerprint density at radius 2 is 1.93 bits per heavy atom. The fraction of sp³-hybridized carbons (Fsp3) is 0.318. The Kier molecular flexibility index (Phi) is 4.73. The summed E-state index contributed by atoms with van der Waals surface area (Å²) in [6, 6.07) is 14.1. The molecule has 1 aliphatic rings. The second-order valence-corrected chi connectivity index (χ2v) is 7.57. The van der Waals surface area contributed by atoms with Crippen LogP contribution in [0.4, 0.5) is 0 Å². The molecule has 1 unspecified atom stereocenters. The number of rotatable bonds is 3. The van der Waals surface area contributed by atoms with Crippen molar-refractivity contribution in [3.05, 3.63) is 81.4 Å². The molecule has 1 amide bonds. The molecule has 0 spiro atoms. The van der Waals surface area contributed by atoms with Gasteiger partial charge in [-0.05, 0) is 43.7 Å². The summed E-state index contributed by atoms with van der Waals surface area (Å²) in [7, 11) is 3.83. The minimum Gasteiger partial charge on any atom is -0.340 e. The van der Waals surface area contributed by atoms with Crippen molar-refractivity contribution in [3.63, 3.8) is 0 Å². The Bertz CT molecular complexity index is 1110. The maximum Gasteiger partial charge on any atom is 0.270 e. The van der Waals surface area contributed by atoms with E-state index in [1.165, 1.54) is 21.7 Å². The van der Waals surface area contributed by atoms with Crippen molar-refractivity contribution < 1.29 is 4.79 Å². The van der Waals surface area contributed by atoms with Crippen LogP contribution in [-0.2, 0) is 13.0 Å². The summed E-state index contributed by atoms with van der Waals surface area (Å²) in [4.78, 5) is 34.1. The number of hydrogen-bond acceptors (Lipinski definition) is 4. The zero-order valence-electron chi connectivity index (χ0n) is 16.4. The standard InChI is InChI=1S/C22H24N4O2/c1-15-7-6-10-20-23-12-19(22(28)26(15)20)21(27)25(3)14-18-11-16-8-4-5-9-17(16)13-24(18)2/h4-10,12,18H,11,13-14H2,1-3H3. The van der Waals surface area contributed by atoms with Crippen LogP contribution < -0.4 is 5.56 Å². The van der Waals surface area contributed by atoms with Crippen LogP contribution in [0.3, 0.4) is 0 Å². The topological polar surface area (TPSA) is 57.9 Å². The van der Waals surface area contributed by atoms with E-state index in [4.69, 9.17) is 0 Å². The molecule has 2 aromatic heterocycles. The lowest BCUT2D eigenvalue weighted by atomic mass is 9.94. The third-order valence-corrected chi connectivity index (χ3v) is 5.60. The average Bonchev–Trinajstić information content (AvgIpc) is 2.68. The van der Waals surface area contributed by atoms with Crippen molar-refractivity contribution in [2.45, 2.75) is 25.9 Å². The fourth-order valence-corrected chi connectivity index (χ4v) is 3.95. The van der Waals surface area contributed by atoms with Gasteiger partial charge in [0.2, 0.25) is 0 Å². The van der Waals surface area contributed by atoms with Gasteiger partial charge in [0.25, 0.3) is 11.5 Å². The molecule has 1 aliphatic heterocycles. The lowest BCUT2D eigenvalue weighted by Crippen LogP contribution is -2.47. The summed E-state index contributed by atoms with van der Waals surface area (Å²) in [5, 5.41) is 0. The smallest absolute Gasteiger partial charge is 0.270 e. The molecule has 0 aliphatic carbocycles. The van der Waals surface area contributed by atoms with E-state index in [2.05, 4.69) is 41.2 Å². The third kappa shape index (κ3) is 3.20. The van der Waals surface area contributed by atoms with Crippen LogP contribution in [0.25, 0.3) is 5.65 Å². The number of pyridine rings is 1. The summed E-state index contributed by atoms with van der Waals surface area (Å²) in [6.45, 7) is 3.25. The summed E-state index contributed by atoms with van der Waals surface area (Å²) >= 11 is 0. The van der Waals surface area contributed by atoms with Crippen LogP contribution >= 0.6 is 0 Å². The highest BCUT2D eigenvalue weighted by Gasteiger charge is 2.27. The van der Waals surface area contributed by atoms with E-state index in [9.17, 15) is 9.59 Å². The predicted octanol–water partition coefficient (Wildman–Crippen LogP) is 2.13. The number of carbonyl (C=O) groups is 1. The Labute approximate surface area is 164 Å². The molecule has 6 heteroatoms. The molecule has 3 heterocycles. The van der Waals surface area contributed by atoms with Gasteiger partial charge in [-0.1, -0.05) is 30.3 Å². The molecule has 0 saturated heterocycles. The van der Waals surface area contributed by atoms with E-state index in [1.54, 1.807) is 18.0 Å². The second-order valence-electron chi connectivity index (χ2n) is 7.57. The summed E-state index contributed by atoms with van der Waals surface area (Å²) < 4.78 is 1.49. The van der Waals surface area contributed by atoms with Crippen LogP contribution in [0.15, 0.2) is 53.5 Å².